The molecule has 0 aliphatic carbocycles. The summed E-state index contributed by atoms with van der Waals surface area (Å²) in [5.74, 6) is -0.589. The standard InChI is InChI=1S/C16H12Cl2N4O/c17-11-2-1-3-13(6-11)21-9-10(8-19)16(23)22-15-5-4-12(20)7-14(15)18/h1-7,9,21H,20H2,(H,22,23)/b10-9-. The first-order valence-corrected chi connectivity index (χ1v) is 7.24. The van der Waals surface area contributed by atoms with Gasteiger partial charge in [-0.3, -0.25) is 4.79 Å². The van der Waals surface area contributed by atoms with Crippen LogP contribution in [-0.2, 0) is 4.79 Å². The largest absolute Gasteiger partial charge is 0.399 e. The van der Waals surface area contributed by atoms with Gasteiger partial charge in [-0.2, -0.15) is 5.26 Å². The molecule has 0 atom stereocenters. The van der Waals surface area contributed by atoms with Gasteiger partial charge in [0, 0.05) is 22.6 Å². The Morgan fingerprint density at radius 1 is 1.22 bits per heavy atom. The Morgan fingerprint density at radius 2 is 2.00 bits per heavy atom. The lowest BCUT2D eigenvalue weighted by Gasteiger charge is -2.07. The van der Waals surface area contributed by atoms with Gasteiger partial charge in [0.25, 0.3) is 5.91 Å². The molecular weight excluding hydrogens is 335 g/mol. The third-order valence-electron chi connectivity index (χ3n) is 2.81. The molecule has 0 aromatic heterocycles. The Kier molecular flexibility index (Phi) is 5.47. The number of hydrogen-bond acceptors (Lipinski definition) is 4. The van der Waals surface area contributed by atoms with Gasteiger partial charge >= 0.3 is 0 Å². The average Bonchev–Trinajstić information content (AvgIpc) is 2.51. The molecule has 0 aliphatic rings. The monoisotopic (exact) mass is 346 g/mol. The van der Waals surface area contributed by atoms with Gasteiger partial charge in [-0.1, -0.05) is 29.3 Å². The van der Waals surface area contributed by atoms with Gasteiger partial charge in [-0.25, -0.2) is 0 Å². The average molecular weight is 347 g/mol. The first kappa shape index (κ1) is 16.7. The van der Waals surface area contributed by atoms with E-state index in [2.05, 4.69) is 10.6 Å². The second kappa shape index (κ2) is 7.54. The summed E-state index contributed by atoms with van der Waals surface area (Å²) in [7, 11) is 0. The zero-order chi connectivity index (χ0) is 16.8. The Labute approximate surface area is 143 Å². The summed E-state index contributed by atoms with van der Waals surface area (Å²) >= 11 is 11.8. The predicted molar refractivity (Wildman–Crippen MR) is 93.3 cm³/mol. The minimum Gasteiger partial charge on any atom is -0.399 e. The van der Waals surface area contributed by atoms with Crippen molar-refractivity contribution in [3.8, 4) is 6.07 Å². The molecule has 4 N–H and O–H groups in total. The number of nitriles is 1. The predicted octanol–water partition coefficient (Wildman–Crippen LogP) is 4.03. The summed E-state index contributed by atoms with van der Waals surface area (Å²) in [5, 5.41) is 15.4. The van der Waals surface area contributed by atoms with E-state index >= 15 is 0 Å². The molecule has 2 aromatic rings. The van der Waals surface area contributed by atoms with Gasteiger partial charge in [0.1, 0.15) is 11.6 Å². The lowest BCUT2D eigenvalue weighted by atomic mass is 10.2. The van der Waals surface area contributed by atoms with Crippen LogP contribution < -0.4 is 16.4 Å². The van der Waals surface area contributed by atoms with E-state index in [1.165, 1.54) is 12.3 Å². The molecule has 0 aliphatic heterocycles. The number of nitrogens with one attached hydrogen (secondary N) is 2. The molecule has 23 heavy (non-hydrogen) atoms. The van der Waals surface area contributed by atoms with E-state index in [9.17, 15) is 4.79 Å². The summed E-state index contributed by atoms with van der Waals surface area (Å²) < 4.78 is 0. The number of nitrogens with zero attached hydrogens (tertiary/aromatic N) is 1. The van der Waals surface area contributed by atoms with Gasteiger partial charge in [0.2, 0.25) is 0 Å². The van der Waals surface area contributed by atoms with Crippen molar-refractivity contribution in [3.05, 3.63) is 64.3 Å². The fourth-order valence-electron chi connectivity index (χ4n) is 1.70. The smallest absolute Gasteiger partial charge is 0.267 e. The van der Waals surface area contributed by atoms with Crippen molar-refractivity contribution in [1.82, 2.24) is 0 Å². The summed E-state index contributed by atoms with van der Waals surface area (Å²) in [5.41, 5.74) is 6.98. The van der Waals surface area contributed by atoms with E-state index in [4.69, 9.17) is 34.2 Å². The maximum absolute atomic E-state index is 12.1. The van der Waals surface area contributed by atoms with E-state index in [1.807, 2.05) is 6.07 Å². The van der Waals surface area contributed by atoms with E-state index in [1.54, 1.807) is 36.4 Å². The Morgan fingerprint density at radius 3 is 2.65 bits per heavy atom. The molecule has 0 heterocycles. The molecule has 0 bridgehead atoms. The van der Waals surface area contributed by atoms with Crippen LogP contribution in [0.3, 0.4) is 0 Å². The fraction of sp³-hybridized carbons (Fsp3) is 0. The van der Waals surface area contributed by atoms with Crippen molar-refractivity contribution >= 4 is 46.2 Å². The van der Waals surface area contributed by atoms with Crippen LogP contribution >= 0.6 is 23.2 Å². The molecule has 116 valence electrons. The first-order valence-electron chi connectivity index (χ1n) is 6.48. The van der Waals surface area contributed by atoms with Crippen LogP contribution in [0.5, 0.6) is 0 Å². The Balaban J connectivity index is 2.12. The van der Waals surface area contributed by atoms with Crippen LogP contribution in [0.1, 0.15) is 0 Å². The van der Waals surface area contributed by atoms with E-state index < -0.39 is 5.91 Å². The highest BCUT2D eigenvalue weighted by molar-refractivity contribution is 6.34. The van der Waals surface area contributed by atoms with Crippen molar-refractivity contribution in [3.63, 3.8) is 0 Å². The number of amides is 1. The number of rotatable bonds is 4. The summed E-state index contributed by atoms with van der Waals surface area (Å²) in [6.45, 7) is 0. The number of nitrogens with two attached hydrogens (primary N) is 1. The zero-order valence-corrected chi connectivity index (χ0v) is 13.3. The topological polar surface area (TPSA) is 90.9 Å². The molecule has 7 heteroatoms. The van der Waals surface area contributed by atoms with Crippen molar-refractivity contribution in [2.45, 2.75) is 0 Å². The van der Waals surface area contributed by atoms with Gasteiger partial charge < -0.3 is 16.4 Å². The van der Waals surface area contributed by atoms with Crippen molar-refractivity contribution in [2.75, 3.05) is 16.4 Å². The molecule has 0 spiro atoms. The maximum atomic E-state index is 12.1. The molecule has 2 aromatic carbocycles. The number of halogens is 2. The van der Waals surface area contributed by atoms with Crippen molar-refractivity contribution in [2.24, 2.45) is 0 Å². The van der Waals surface area contributed by atoms with Crippen LogP contribution in [0.25, 0.3) is 0 Å². The van der Waals surface area contributed by atoms with E-state index in [0.29, 0.717) is 27.1 Å². The van der Waals surface area contributed by atoms with Gasteiger partial charge in [0.15, 0.2) is 0 Å². The van der Waals surface area contributed by atoms with Crippen molar-refractivity contribution < 1.29 is 4.79 Å². The molecule has 0 unspecified atom stereocenters. The second-order valence-corrected chi connectivity index (χ2v) is 5.36. The molecule has 1 amide bonds. The number of nitrogen functional groups attached to an aromatic ring is 1. The second-order valence-electron chi connectivity index (χ2n) is 4.52. The zero-order valence-electron chi connectivity index (χ0n) is 11.8. The Bertz CT molecular complexity index is 812. The molecule has 0 saturated heterocycles. The van der Waals surface area contributed by atoms with Crippen LogP contribution in [0.2, 0.25) is 10.0 Å². The molecular formula is C16H12Cl2N4O. The van der Waals surface area contributed by atoms with E-state index in [-0.39, 0.29) is 5.57 Å². The summed E-state index contributed by atoms with van der Waals surface area (Å²) in [6.07, 6.45) is 1.30. The molecule has 0 radical (unpaired) electrons. The molecule has 5 nitrogen and oxygen atoms in total. The quantitative estimate of drug-likeness (QED) is 0.442. The number of carbonyl (C=O) groups is 1. The number of anilines is 3. The van der Waals surface area contributed by atoms with Gasteiger partial charge in [-0.15, -0.1) is 0 Å². The van der Waals surface area contributed by atoms with Gasteiger partial charge in [-0.05, 0) is 36.4 Å². The lowest BCUT2D eigenvalue weighted by Crippen LogP contribution is -2.15. The van der Waals surface area contributed by atoms with Crippen LogP contribution in [-0.4, -0.2) is 5.91 Å². The minimum atomic E-state index is -0.589. The molecule has 0 fully saturated rings. The highest BCUT2D eigenvalue weighted by Crippen LogP contribution is 2.24. The van der Waals surface area contributed by atoms with Crippen molar-refractivity contribution in [1.29, 1.82) is 5.26 Å². The summed E-state index contributed by atoms with van der Waals surface area (Å²) in [4.78, 5) is 12.1. The van der Waals surface area contributed by atoms with Crippen LogP contribution in [0.15, 0.2) is 54.2 Å². The first-order chi connectivity index (χ1) is 11.0. The van der Waals surface area contributed by atoms with Crippen LogP contribution in [0, 0.1) is 11.3 Å². The molecule has 2 rings (SSSR count). The summed E-state index contributed by atoms with van der Waals surface area (Å²) in [6, 6.07) is 13.4. The normalized spacial score (nSPS) is 10.7. The number of hydrogen-bond donors (Lipinski definition) is 3. The van der Waals surface area contributed by atoms with E-state index in [0.717, 1.165) is 0 Å². The fourth-order valence-corrected chi connectivity index (χ4v) is 2.13. The number of benzene rings is 2. The number of carbonyl (C=O) groups excluding carboxylic acids is 1. The minimum absolute atomic E-state index is 0.113. The third kappa shape index (κ3) is 4.65. The third-order valence-corrected chi connectivity index (χ3v) is 3.36. The lowest BCUT2D eigenvalue weighted by molar-refractivity contribution is -0.112. The van der Waals surface area contributed by atoms with Gasteiger partial charge in [0.05, 0.1) is 10.7 Å². The highest BCUT2D eigenvalue weighted by atomic mass is 35.5. The SMILES string of the molecule is N#C/C(=C/Nc1cccc(Cl)c1)C(=O)Nc1ccc(N)cc1Cl. The maximum Gasteiger partial charge on any atom is 0.267 e. The van der Waals surface area contributed by atoms with Crippen LogP contribution in [0.4, 0.5) is 17.1 Å². The Hall–Kier alpha value is -2.68. The molecule has 0 saturated carbocycles. The highest BCUT2D eigenvalue weighted by Gasteiger charge is 2.11.